The number of hydrogen-bond donors (Lipinski definition) is 2. The minimum Gasteiger partial charge on any atom is -0.478 e. The first kappa shape index (κ1) is 15.9. The summed E-state index contributed by atoms with van der Waals surface area (Å²) in [5, 5.41) is 12.0. The third kappa shape index (κ3) is 4.51. The van der Waals surface area contributed by atoms with Crippen molar-refractivity contribution in [1.82, 2.24) is 14.9 Å². The summed E-state index contributed by atoms with van der Waals surface area (Å²) in [5.41, 5.74) is 0.549. The SMILES string of the molecule is O=C(O)C=Cc1cnc(N[C@@H]2CCN(C3CCCCC3)C2)cn1. The molecule has 0 aromatic carbocycles. The molecule has 0 amide bonds. The Kier molecular flexibility index (Phi) is 5.23. The lowest BCUT2D eigenvalue weighted by molar-refractivity contribution is -0.131. The van der Waals surface area contributed by atoms with Crippen molar-refractivity contribution in [2.75, 3.05) is 18.4 Å². The van der Waals surface area contributed by atoms with E-state index in [4.69, 9.17) is 5.11 Å². The van der Waals surface area contributed by atoms with Gasteiger partial charge in [-0.1, -0.05) is 19.3 Å². The molecular formula is C17H24N4O2. The molecule has 0 bridgehead atoms. The first-order valence-corrected chi connectivity index (χ1v) is 8.44. The molecule has 3 rings (SSSR count). The predicted octanol–water partition coefficient (Wildman–Crippen LogP) is 2.39. The Labute approximate surface area is 136 Å². The quantitative estimate of drug-likeness (QED) is 0.812. The highest BCUT2D eigenvalue weighted by Gasteiger charge is 2.29. The average molecular weight is 316 g/mol. The number of carbonyl (C=O) groups is 1. The molecule has 23 heavy (non-hydrogen) atoms. The van der Waals surface area contributed by atoms with Gasteiger partial charge in [0.25, 0.3) is 0 Å². The lowest BCUT2D eigenvalue weighted by atomic mass is 9.94. The Hall–Kier alpha value is -1.95. The van der Waals surface area contributed by atoms with Crippen LogP contribution in [0, 0.1) is 0 Å². The zero-order valence-electron chi connectivity index (χ0n) is 13.3. The van der Waals surface area contributed by atoms with Crippen LogP contribution in [0.25, 0.3) is 6.08 Å². The van der Waals surface area contributed by atoms with Gasteiger partial charge in [0, 0.05) is 31.2 Å². The van der Waals surface area contributed by atoms with E-state index in [0.717, 1.165) is 37.4 Å². The number of aliphatic carboxylic acids is 1. The summed E-state index contributed by atoms with van der Waals surface area (Å²) in [6.07, 6.45) is 13.7. The molecule has 1 saturated carbocycles. The van der Waals surface area contributed by atoms with Crippen molar-refractivity contribution < 1.29 is 9.90 Å². The van der Waals surface area contributed by atoms with Gasteiger partial charge >= 0.3 is 5.97 Å². The van der Waals surface area contributed by atoms with E-state index < -0.39 is 5.97 Å². The van der Waals surface area contributed by atoms with Gasteiger partial charge in [0.1, 0.15) is 5.82 Å². The van der Waals surface area contributed by atoms with Crippen molar-refractivity contribution >= 4 is 17.9 Å². The number of nitrogens with zero attached hydrogens (tertiary/aromatic N) is 3. The van der Waals surface area contributed by atoms with Crippen molar-refractivity contribution in [3.63, 3.8) is 0 Å². The summed E-state index contributed by atoms with van der Waals surface area (Å²) >= 11 is 0. The van der Waals surface area contributed by atoms with Crippen molar-refractivity contribution in [2.24, 2.45) is 0 Å². The number of carboxylic acid groups (broad SMARTS) is 1. The van der Waals surface area contributed by atoms with Gasteiger partial charge in [-0.2, -0.15) is 0 Å². The fraction of sp³-hybridized carbons (Fsp3) is 0.588. The molecule has 0 radical (unpaired) electrons. The van der Waals surface area contributed by atoms with Gasteiger partial charge in [-0.05, 0) is 25.3 Å². The van der Waals surface area contributed by atoms with E-state index >= 15 is 0 Å². The first-order chi connectivity index (χ1) is 11.2. The molecule has 1 atom stereocenters. The van der Waals surface area contributed by atoms with E-state index in [-0.39, 0.29) is 0 Å². The Balaban J connectivity index is 1.50. The van der Waals surface area contributed by atoms with Crippen LogP contribution in [0.5, 0.6) is 0 Å². The van der Waals surface area contributed by atoms with Gasteiger partial charge in [-0.25, -0.2) is 9.78 Å². The zero-order chi connectivity index (χ0) is 16.1. The van der Waals surface area contributed by atoms with Crippen molar-refractivity contribution in [2.45, 2.75) is 50.6 Å². The van der Waals surface area contributed by atoms with Crippen LogP contribution >= 0.6 is 0 Å². The van der Waals surface area contributed by atoms with Gasteiger partial charge in [-0.15, -0.1) is 0 Å². The Morgan fingerprint density at radius 3 is 2.74 bits per heavy atom. The van der Waals surface area contributed by atoms with Crippen LogP contribution in [0.4, 0.5) is 5.82 Å². The second-order valence-corrected chi connectivity index (χ2v) is 6.41. The highest BCUT2D eigenvalue weighted by molar-refractivity contribution is 5.84. The number of aromatic nitrogens is 2. The molecular weight excluding hydrogens is 292 g/mol. The van der Waals surface area contributed by atoms with E-state index in [2.05, 4.69) is 20.2 Å². The summed E-state index contributed by atoms with van der Waals surface area (Å²) in [7, 11) is 0. The maximum atomic E-state index is 10.5. The fourth-order valence-corrected chi connectivity index (χ4v) is 3.55. The topological polar surface area (TPSA) is 78.3 Å². The number of anilines is 1. The summed E-state index contributed by atoms with van der Waals surface area (Å²) in [6, 6.07) is 1.19. The van der Waals surface area contributed by atoms with E-state index in [1.54, 1.807) is 12.4 Å². The van der Waals surface area contributed by atoms with Gasteiger partial charge in [0.2, 0.25) is 0 Å². The molecule has 2 aliphatic rings. The summed E-state index contributed by atoms with van der Waals surface area (Å²) in [6.45, 7) is 2.24. The Morgan fingerprint density at radius 1 is 1.22 bits per heavy atom. The van der Waals surface area contributed by atoms with E-state index in [0.29, 0.717) is 11.7 Å². The van der Waals surface area contributed by atoms with Crippen molar-refractivity contribution in [1.29, 1.82) is 0 Å². The maximum absolute atomic E-state index is 10.5. The summed E-state index contributed by atoms with van der Waals surface area (Å²) in [5.74, 6) is -0.226. The van der Waals surface area contributed by atoms with Crippen LogP contribution in [0.1, 0.15) is 44.2 Å². The minimum atomic E-state index is -0.984. The largest absolute Gasteiger partial charge is 0.478 e. The van der Waals surface area contributed by atoms with Gasteiger partial charge in [0.15, 0.2) is 0 Å². The third-order valence-electron chi connectivity index (χ3n) is 4.73. The van der Waals surface area contributed by atoms with Crippen LogP contribution in [0.3, 0.4) is 0 Å². The molecule has 1 aliphatic carbocycles. The number of likely N-dealkylation sites (tertiary alicyclic amines) is 1. The smallest absolute Gasteiger partial charge is 0.328 e. The Morgan fingerprint density at radius 2 is 2.04 bits per heavy atom. The lowest BCUT2D eigenvalue weighted by Crippen LogP contribution is -2.36. The molecule has 1 aromatic rings. The van der Waals surface area contributed by atoms with Crippen LogP contribution < -0.4 is 5.32 Å². The zero-order valence-corrected chi connectivity index (χ0v) is 13.3. The summed E-state index contributed by atoms with van der Waals surface area (Å²) in [4.78, 5) is 21.6. The van der Waals surface area contributed by atoms with Crippen LogP contribution in [0.15, 0.2) is 18.5 Å². The van der Waals surface area contributed by atoms with Gasteiger partial charge in [0.05, 0.1) is 18.1 Å². The molecule has 0 unspecified atom stereocenters. The second-order valence-electron chi connectivity index (χ2n) is 6.41. The predicted molar refractivity (Wildman–Crippen MR) is 89.2 cm³/mol. The third-order valence-corrected chi connectivity index (χ3v) is 4.73. The number of hydrogen-bond acceptors (Lipinski definition) is 5. The maximum Gasteiger partial charge on any atom is 0.328 e. The monoisotopic (exact) mass is 316 g/mol. The molecule has 124 valence electrons. The molecule has 1 aromatic heterocycles. The minimum absolute atomic E-state index is 0.423. The molecule has 1 aliphatic heterocycles. The second kappa shape index (κ2) is 7.55. The highest BCUT2D eigenvalue weighted by Crippen LogP contribution is 2.26. The molecule has 6 nitrogen and oxygen atoms in total. The fourth-order valence-electron chi connectivity index (χ4n) is 3.55. The Bertz CT molecular complexity index is 552. The van der Waals surface area contributed by atoms with Crippen LogP contribution in [0.2, 0.25) is 0 Å². The van der Waals surface area contributed by atoms with Crippen molar-refractivity contribution in [3.05, 3.63) is 24.2 Å². The van der Waals surface area contributed by atoms with E-state index in [9.17, 15) is 4.79 Å². The van der Waals surface area contributed by atoms with Crippen molar-refractivity contribution in [3.8, 4) is 0 Å². The first-order valence-electron chi connectivity index (χ1n) is 8.44. The molecule has 2 N–H and O–H groups in total. The normalized spacial score (nSPS) is 23.4. The highest BCUT2D eigenvalue weighted by atomic mass is 16.4. The van der Waals surface area contributed by atoms with Gasteiger partial charge in [-0.3, -0.25) is 9.88 Å². The van der Waals surface area contributed by atoms with E-state index in [1.165, 1.54) is 38.2 Å². The van der Waals surface area contributed by atoms with E-state index in [1.807, 2.05) is 0 Å². The number of nitrogens with one attached hydrogen (secondary N) is 1. The molecule has 2 fully saturated rings. The molecule has 1 saturated heterocycles. The number of carboxylic acids is 1. The standard InChI is InChI=1S/C17H24N4O2/c22-17(23)7-6-13-10-19-16(11-18-13)20-14-8-9-21(12-14)15-4-2-1-3-5-15/h6-7,10-11,14-15H,1-5,8-9,12H2,(H,19,20)(H,22,23)/t14-/m1/s1. The van der Waals surface area contributed by atoms with Gasteiger partial charge < -0.3 is 10.4 Å². The average Bonchev–Trinajstić information content (AvgIpc) is 3.03. The molecule has 2 heterocycles. The lowest BCUT2D eigenvalue weighted by Gasteiger charge is -2.31. The van der Waals surface area contributed by atoms with Crippen LogP contribution in [-0.4, -0.2) is 51.1 Å². The summed E-state index contributed by atoms with van der Waals surface area (Å²) < 4.78 is 0. The molecule has 6 heteroatoms. The van der Waals surface area contributed by atoms with Crippen LogP contribution in [-0.2, 0) is 4.79 Å². The molecule has 0 spiro atoms. The number of rotatable bonds is 5.